The number of benzene rings is 1. The predicted molar refractivity (Wildman–Crippen MR) is 102 cm³/mol. The van der Waals surface area contributed by atoms with Crippen molar-refractivity contribution in [1.82, 2.24) is 0 Å². The monoisotopic (exact) mass is 413 g/mol. The number of halogens is 3. The molecule has 0 aromatic heterocycles. The number of alkyl halides is 3. The third-order valence-electron chi connectivity index (χ3n) is 6.88. The third kappa shape index (κ3) is 4.18. The Balaban J connectivity index is 0.000000298. The topological polar surface area (TPSA) is 81.8 Å². The maximum absolute atomic E-state index is 10.6. The van der Waals surface area contributed by atoms with Gasteiger partial charge in [0.15, 0.2) is 0 Å². The van der Waals surface area contributed by atoms with Crippen LogP contribution in [-0.4, -0.2) is 42.0 Å². The van der Waals surface area contributed by atoms with Crippen molar-refractivity contribution in [1.29, 1.82) is 0 Å². The molecule has 3 saturated carbocycles. The molecular weight excluding hydrogens is 386 g/mol. The van der Waals surface area contributed by atoms with Crippen molar-refractivity contribution in [3.05, 3.63) is 35.9 Å². The fourth-order valence-electron chi connectivity index (χ4n) is 5.06. The van der Waals surface area contributed by atoms with Crippen LogP contribution in [0.1, 0.15) is 39.2 Å². The highest BCUT2D eigenvalue weighted by Crippen LogP contribution is 2.65. The lowest BCUT2D eigenvalue weighted by molar-refractivity contribution is -0.199. The second-order valence-electron chi connectivity index (χ2n) is 8.99. The van der Waals surface area contributed by atoms with E-state index in [-0.39, 0.29) is 24.8 Å². The van der Waals surface area contributed by atoms with Crippen LogP contribution >= 0.6 is 0 Å². The molecule has 5 nitrogen and oxygen atoms in total. The van der Waals surface area contributed by atoms with Gasteiger partial charge in [-0.15, -0.1) is 0 Å². The van der Waals surface area contributed by atoms with Crippen molar-refractivity contribution in [2.45, 2.75) is 63.9 Å². The molecule has 0 spiro atoms. The molecule has 1 aliphatic heterocycles. The van der Waals surface area contributed by atoms with Gasteiger partial charge in [0, 0.05) is 5.94 Å². The molecule has 0 amide bonds. The first-order valence-electron chi connectivity index (χ1n) is 9.78. The van der Waals surface area contributed by atoms with E-state index in [0.29, 0.717) is 11.3 Å². The van der Waals surface area contributed by atoms with Crippen LogP contribution in [0.25, 0.3) is 0 Å². The second-order valence-corrected chi connectivity index (χ2v) is 8.99. The number of aliphatic carboxylic acids is 1. The van der Waals surface area contributed by atoms with E-state index in [9.17, 15) is 13.2 Å². The van der Waals surface area contributed by atoms with Gasteiger partial charge in [0.05, 0.1) is 11.7 Å². The Morgan fingerprint density at radius 3 is 2.38 bits per heavy atom. The zero-order valence-corrected chi connectivity index (χ0v) is 16.8. The van der Waals surface area contributed by atoms with Crippen molar-refractivity contribution in [2.24, 2.45) is 23.0 Å². The highest BCUT2D eigenvalue weighted by molar-refractivity contribution is 6.47. The molecule has 4 aliphatic rings. The minimum atomic E-state index is -5.08. The van der Waals surface area contributed by atoms with Crippen LogP contribution < -0.4 is 5.73 Å². The van der Waals surface area contributed by atoms with E-state index in [4.69, 9.17) is 24.9 Å². The number of hydrogen-bond acceptors (Lipinski definition) is 4. The van der Waals surface area contributed by atoms with Crippen molar-refractivity contribution in [3.63, 3.8) is 0 Å². The smallest absolute Gasteiger partial charge is 0.475 e. The lowest BCUT2D eigenvalue weighted by Gasteiger charge is -2.64. The zero-order valence-electron chi connectivity index (χ0n) is 16.8. The van der Waals surface area contributed by atoms with Gasteiger partial charge < -0.3 is 20.1 Å². The Labute approximate surface area is 168 Å². The summed E-state index contributed by atoms with van der Waals surface area (Å²) in [6.07, 6.45) is -1.67. The van der Waals surface area contributed by atoms with Crippen LogP contribution in [0.2, 0.25) is 0 Å². The molecular formula is C20H27BF3NO4. The second kappa shape index (κ2) is 7.59. The number of rotatable bonds is 3. The Morgan fingerprint density at radius 1 is 1.28 bits per heavy atom. The number of carbonyl (C=O) groups is 1. The van der Waals surface area contributed by atoms with Crippen LogP contribution in [0.5, 0.6) is 0 Å². The van der Waals surface area contributed by atoms with Crippen LogP contribution in [0, 0.1) is 17.3 Å². The summed E-state index contributed by atoms with van der Waals surface area (Å²) in [5, 5.41) is 7.12. The summed E-state index contributed by atoms with van der Waals surface area (Å²) in [6.45, 7) is 7.01. The van der Waals surface area contributed by atoms with Gasteiger partial charge in [0.25, 0.3) is 0 Å². The summed E-state index contributed by atoms with van der Waals surface area (Å²) >= 11 is 0. The average molecular weight is 413 g/mol. The van der Waals surface area contributed by atoms with Crippen LogP contribution in [-0.2, 0) is 20.5 Å². The number of carboxylic acid groups (broad SMARTS) is 1. The summed E-state index contributed by atoms with van der Waals surface area (Å²) in [7, 11) is -0.273. The Hall–Kier alpha value is -1.58. The molecule has 160 valence electrons. The molecule has 3 N–H and O–H groups in total. The van der Waals surface area contributed by atoms with Crippen LogP contribution in [0.15, 0.2) is 30.3 Å². The van der Waals surface area contributed by atoms with Gasteiger partial charge in [-0.3, -0.25) is 0 Å². The Bertz CT molecular complexity index is 745. The van der Waals surface area contributed by atoms with E-state index < -0.39 is 12.1 Å². The van der Waals surface area contributed by atoms with Crippen LogP contribution in [0.4, 0.5) is 13.2 Å². The van der Waals surface area contributed by atoms with Gasteiger partial charge in [0.2, 0.25) is 0 Å². The normalized spacial score (nSPS) is 33.1. The van der Waals surface area contributed by atoms with Crippen molar-refractivity contribution < 1.29 is 32.4 Å². The predicted octanol–water partition coefficient (Wildman–Crippen LogP) is 3.46. The van der Waals surface area contributed by atoms with Gasteiger partial charge in [-0.1, -0.05) is 44.2 Å². The maximum atomic E-state index is 10.6. The fraction of sp³-hybridized carbons (Fsp3) is 0.650. The molecule has 1 aromatic carbocycles. The van der Waals surface area contributed by atoms with Gasteiger partial charge in [-0.05, 0) is 49.0 Å². The summed E-state index contributed by atoms with van der Waals surface area (Å²) in [5.41, 5.74) is 7.87. The average Bonchev–Trinajstić information content (AvgIpc) is 2.99. The Kier molecular flexibility index (Phi) is 5.79. The van der Waals surface area contributed by atoms with E-state index in [0.717, 1.165) is 18.8 Å². The first-order chi connectivity index (χ1) is 13.4. The van der Waals surface area contributed by atoms with Crippen molar-refractivity contribution in [2.75, 3.05) is 0 Å². The zero-order chi connectivity index (χ0) is 21.6. The quantitative estimate of drug-likeness (QED) is 0.742. The lowest BCUT2D eigenvalue weighted by Crippen LogP contribution is -2.65. The molecule has 5 rings (SSSR count). The van der Waals surface area contributed by atoms with E-state index in [1.807, 2.05) is 6.07 Å². The minimum Gasteiger partial charge on any atom is -0.475 e. The van der Waals surface area contributed by atoms with Crippen LogP contribution in [0.3, 0.4) is 0 Å². The molecule has 3 aliphatic carbocycles. The summed E-state index contributed by atoms with van der Waals surface area (Å²) in [6, 6.07) is 10.4. The number of nitrogens with two attached hydrogens (primary N) is 1. The fourth-order valence-corrected chi connectivity index (χ4v) is 5.06. The molecule has 1 saturated heterocycles. The first-order valence-corrected chi connectivity index (χ1v) is 9.78. The highest BCUT2D eigenvalue weighted by atomic mass is 19.4. The highest BCUT2D eigenvalue weighted by Gasteiger charge is 2.68. The van der Waals surface area contributed by atoms with Gasteiger partial charge in [-0.25, -0.2) is 4.79 Å². The molecule has 9 heteroatoms. The molecule has 4 unspecified atom stereocenters. The number of hydrogen-bond donors (Lipinski definition) is 2. The van der Waals surface area contributed by atoms with Crippen molar-refractivity contribution >= 4 is 13.1 Å². The van der Waals surface area contributed by atoms with Gasteiger partial charge in [-0.2, -0.15) is 13.2 Å². The molecule has 0 radical (unpaired) electrons. The molecule has 29 heavy (non-hydrogen) atoms. The van der Waals surface area contributed by atoms with E-state index >= 15 is 0 Å². The van der Waals surface area contributed by atoms with Gasteiger partial charge in [0.1, 0.15) is 0 Å². The molecule has 5 atom stereocenters. The molecule has 1 aromatic rings. The van der Waals surface area contributed by atoms with E-state index in [1.165, 1.54) is 12.0 Å². The largest absolute Gasteiger partial charge is 0.490 e. The first kappa shape index (κ1) is 22.1. The minimum absolute atomic E-state index is 0.106. The molecule has 4 fully saturated rings. The molecule has 1 heterocycles. The summed E-state index contributed by atoms with van der Waals surface area (Å²) < 4.78 is 44.4. The van der Waals surface area contributed by atoms with E-state index in [2.05, 4.69) is 45.0 Å². The third-order valence-corrected chi connectivity index (χ3v) is 6.88. The van der Waals surface area contributed by atoms with Gasteiger partial charge >= 0.3 is 19.3 Å². The summed E-state index contributed by atoms with van der Waals surface area (Å²) in [5.74, 6) is -1.49. The summed E-state index contributed by atoms with van der Waals surface area (Å²) in [4.78, 5) is 8.90. The Morgan fingerprint density at radius 2 is 1.86 bits per heavy atom. The molecule has 2 bridgehead atoms. The number of carboxylic acids is 1. The lowest BCUT2D eigenvalue weighted by atomic mass is 9.43. The SMILES string of the molecule is CC1(C)C2CC3OB(C(N)Cc4ccccc4)O[C@@]3(C)C1C2.O=C(O)C(F)(F)F. The van der Waals surface area contributed by atoms with Crippen molar-refractivity contribution in [3.8, 4) is 0 Å². The standard InChI is InChI=1S/C18H26BNO2.C2HF3O2/c1-17(2)13-10-14(17)18(3)15(11-13)21-19(22-18)16(20)9-12-7-5-4-6-8-12;3-2(4,5)1(6)7/h4-8,13-16H,9-11,20H2,1-3H3;(H,6,7)/t13?,14?,15?,16?,18-;/m0./s1. The maximum Gasteiger partial charge on any atom is 0.490 e. The van der Waals surface area contributed by atoms with E-state index in [1.54, 1.807) is 0 Å².